The average Bonchev–Trinajstić information content (AvgIpc) is 2.86. The molecule has 32 heavy (non-hydrogen) atoms. The summed E-state index contributed by atoms with van der Waals surface area (Å²) < 4.78 is 0. The van der Waals surface area contributed by atoms with E-state index < -0.39 is 0 Å². The van der Waals surface area contributed by atoms with Crippen molar-refractivity contribution in [3.63, 3.8) is 0 Å². The van der Waals surface area contributed by atoms with Gasteiger partial charge in [0.1, 0.15) is 0 Å². The molecule has 3 aromatic carbocycles. The number of nitrogens with one attached hydrogen (secondary N) is 1. The van der Waals surface area contributed by atoms with Crippen molar-refractivity contribution in [3.8, 4) is 22.5 Å². The SMILES string of the molecule is CCN(CC)c1ccc(/C=N\Nc2nc(-c3ccccc3)cc(-c3ccccc3)n2)cc1. The zero-order valence-electron chi connectivity index (χ0n) is 18.4. The van der Waals surface area contributed by atoms with E-state index in [9.17, 15) is 0 Å². The smallest absolute Gasteiger partial charge is 0.244 e. The second-order valence-corrected chi connectivity index (χ2v) is 7.33. The van der Waals surface area contributed by atoms with Gasteiger partial charge in [0.25, 0.3) is 0 Å². The van der Waals surface area contributed by atoms with Gasteiger partial charge in [-0.25, -0.2) is 15.4 Å². The third kappa shape index (κ3) is 5.19. The third-order valence-corrected chi connectivity index (χ3v) is 5.27. The van der Waals surface area contributed by atoms with Crippen molar-refractivity contribution in [2.75, 3.05) is 23.4 Å². The number of hydrogen-bond acceptors (Lipinski definition) is 5. The fourth-order valence-corrected chi connectivity index (χ4v) is 3.54. The second-order valence-electron chi connectivity index (χ2n) is 7.33. The first-order valence-electron chi connectivity index (χ1n) is 10.9. The van der Waals surface area contributed by atoms with Crippen molar-refractivity contribution < 1.29 is 0 Å². The number of anilines is 2. The summed E-state index contributed by atoms with van der Waals surface area (Å²) in [6.45, 7) is 6.31. The molecule has 1 N–H and O–H groups in total. The second kappa shape index (κ2) is 10.4. The van der Waals surface area contributed by atoms with E-state index in [4.69, 9.17) is 0 Å². The van der Waals surface area contributed by atoms with Gasteiger partial charge in [-0.05, 0) is 37.6 Å². The largest absolute Gasteiger partial charge is 0.372 e. The third-order valence-electron chi connectivity index (χ3n) is 5.27. The number of rotatable bonds is 8. The summed E-state index contributed by atoms with van der Waals surface area (Å²) in [5.74, 6) is 0.459. The number of hydrazone groups is 1. The van der Waals surface area contributed by atoms with Gasteiger partial charge in [0.05, 0.1) is 17.6 Å². The Labute approximate surface area is 189 Å². The molecule has 0 fully saturated rings. The Morgan fingerprint density at radius 2 is 1.28 bits per heavy atom. The van der Waals surface area contributed by atoms with Crippen LogP contribution < -0.4 is 10.3 Å². The molecule has 4 aromatic rings. The van der Waals surface area contributed by atoms with Crippen LogP contribution >= 0.6 is 0 Å². The van der Waals surface area contributed by atoms with E-state index in [2.05, 4.69) is 63.5 Å². The maximum atomic E-state index is 4.68. The van der Waals surface area contributed by atoms with Crippen LogP contribution in [0.1, 0.15) is 19.4 Å². The topological polar surface area (TPSA) is 53.4 Å². The highest BCUT2D eigenvalue weighted by Gasteiger charge is 2.08. The number of nitrogens with zero attached hydrogens (tertiary/aromatic N) is 4. The van der Waals surface area contributed by atoms with Crippen molar-refractivity contribution in [2.45, 2.75) is 13.8 Å². The van der Waals surface area contributed by atoms with Gasteiger partial charge in [-0.1, -0.05) is 72.8 Å². The molecule has 4 rings (SSSR count). The molecule has 0 aliphatic rings. The van der Waals surface area contributed by atoms with Gasteiger partial charge in [-0.2, -0.15) is 5.10 Å². The normalized spacial score (nSPS) is 10.9. The van der Waals surface area contributed by atoms with Crippen LogP contribution in [0.5, 0.6) is 0 Å². The summed E-state index contributed by atoms with van der Waals surface area (Å²) in [6, 6.07) is 30.6. The lowest BCUT2D eigenvalue weighted by atomic mass is 10.1. The van der Waals surface area contributed by atoms with Gasteiger partial charge in [0, 0.05) is 29.9 Å². The molecule has 0 unspecified atom stereocenters. The minimum atomic E-state index is 0.459. The summed E-state index contributed by atoms with van der Waals surface area (Å²) in [4.78, 5) is 11.7. The molecule has 5 nitrogen and oxygen atoms in total. The highest BCUT2D eigenvalue weighted by molar-refractivity contribution is 5.81. The van der Waals surface area contributed by atoms with Crippen LogP contribution in [0.2, 0.25) is 0 Å². The Kier molecular flexibility index (Phi) is 6.88. The van der Waals surface area contributed by atoms with Crippen LogP contribution in [-0.2, 0) is 0 Å². The molecule has 0 atom stereocenters. The molecule has 0 bridgehead atoms. The maximum Gasteiger partial charge on any atom is 0.244 e. The Bertz CT molecular complexity index is 1090. The van der Waals surface area contributed by atoms with Crippen LogP contribution in [0.3, 0.4) is 0 Å². The van der Waals surface area contributed by atoms with Gasteiger partial charge in [0.2, 0.25) is 5.95 Å². The first kappa shape index (κ1) is 21.2. The molecular weight excluding hydrogens is 394 g/mol. The van der Waals surface area contributed by atoms with E-state index in [1.54, 1.807) is 6.21 Å². The van der Waals surface area contributed by atoms with Crippen LogP contribution in [-0.4, -0.2) is 29.3 Å². The number of aromatic nitrogens is 2. The first-order valence-corrected chi connectivity index (χ1v) is 10.9. The Hall–Kier alpha value is -3.99. The minimum Gasteiger partial charge on any atom is -0.372 e. The van der Waals surface area contributed by atoms with Crippen molar-refractivity contribution in [2.24, 2.45) is 5.10 Å². The highest BCUT2D eigenvalue weighted by Crippen LogP contribution is 2.25. The van der Waals surface area contributed by atoms with Gasteiger partial charge < -0.3 is 4.90 Å². The summed E-state index contributed by atoms with van der Waals surface area (Å²) in [5, 5.41) is 4.38. The van der Waals surface area contributed by atoms with E-state index in [0.717, 1.165) is 41.2 Å². The molecular formula is C27H27N5. The molecule has 160 valence electrons. The van der Waals surface area contributed by atoms with Crippen LogP contribution in [0.4, 0.5) is 11.6 Å². The lowest BCUT2D eigenvalue weighted by Crippen LogP contribution is -2.21. The summed E-state index contributed by atoms with van der Waals surface area (Å²) in [5.41, 5.74) is 9.00. The van der Waals surface area contributed by atoms with E-state index in [0.29, 0.717) is 5.95 Å². The molecule has 1 heterocycles. The van der Waals surface area contributed by atoms with Crippen LogP contribution in [0.15, 0.2) is 96.1 Å². The molecule has 5 heteroatoms. The van der Waals surface area contributed by atoms with Crippen molar-refractivity contribution in [1.29, 1.82) is 0 Å². The number of benzene rings is 3. The van der Waals surface area contributed by atoms with Crippen molar-refractivity contribution in [1.82, 2.24) is 9.97 Å². The predicted molar refractivity (Wildman–Crippen MR) is 134 cm³/mol. The monoisotopic (exact) mass is 421 g/mol. The predicted octanol–water partition coefficient (Wildman–Crippen LogP) is 6.10. The van der Waals surface area contributed by atoms with Gasteiger partial charge in [0.15, 0.2) is 0 Å². The average molecular weight is 422 g/mol. The van der Waals surface area contributed by atoms with Gasteiger partial charge >= 0.3 is 0 Å². The Morgan fingerprint density at radius 1 is 0.750 bits per heavy atom. The van der Waals surface area contributed by atoms with E-state index in [-0.39, 0.29) is 0 Å². The summed E-state index contributed by atoms with van der Waals surface area (Å²) >= 11 is 0. The van der Waals surface area contributed by atoms with E-state index in [1.807, 2.05) is 66.7 Å². The molecule has 0 saturated carbocycles. The molecule has 0 radical (unpaired) electrons. The van der Waals surface area contributed by atoms with Crippen molar-refractivity contribution >= 4 is 17.9 Å². The zero-order chi connectivity index (χ0) is 22.2. The first-order chi connectivity index (χ1) is 15.8. The quantitative estimate of drug-likeness (QED) is 0.276. The molecule has 0 amide bonds. The van der Waals surface area contributed by atoms with Crippen molar-refractivity contribution in [3.05, 3.63) is 96.6 Å². The lowest BCUT2D eigenvalue weighted by molar-refractivity contribution is 0.866. The molecule has 0 aliphatic carbocycles. The molecule has 0 spiro atoms. The molecule has 0 aliphatic heterocycles. The van der Waals surface area contributed by atoms with E-state index >= 15 is 0 Å². The molecule has 1 aromatic heterocycles. The van der Waals surface area contributed by atoms with Crippen LogP contribution in [0, 0.1) is 0 Å². The van der Waals surface area contributed by atoms with Gasteiger partial charge in [-0.3, -0.25) is 0 Å². The standard InChI is InChI=1S/C27H27N5/c1-3-32(4-2)24-17-15-21(16-18-24)20-28-31-27-29-25(22-11-7-5-8-12-22)19-26(30-27)23-13-9-6-10-14-23/h5-20H,3-4H2,1-2H3,(H,29,30,31)/b28-20-. The van der Waals surface area contributed by atoms with Crippen LogP contribution in [0.25, 0.3) is 22.5 Å². The minimum absolute atomic E-state index is 0.459. The van der Waals surface area contributed by atoms with E-state index in [1.165, 1.54) is 5.69 Å². The molecule has 0 saturated heterocycles. The summed E-state index contributed by atoms with van der Waals surface area (Å²) in [6.07, 6.45) is 1.78. The fraction of sp³-hybridized carbons (Fsp3) is 0.148. The Balaban J connectivity index is 1.57. The van der Waals surface area contributed by atoms with Gasteiger partial charge in [-0.15, -0.1) is 0 Å². The Morgan fingerprint density at radius 3 is 1.78 bits per heavy atom. The summed E-state index contributed by atoms with van der Waals surface area (Å²) in [7, 11) is 0. The lowest BCUT2D eigenvalue weighted by Gasteiger charge is -2.20. The fourth-order valence-electron chi connectivity index (χ4n) is 3.54. The number of hydrogen-bond donors (Lipinski definition) is 1. The zero-order valence-corrected chi connectivity index (χ0v) is 18.4. The maximum absolute atomic E-state index is 4.68. The highest BCUT2D eigenvalue weighted by atomic mass is 15.3.